The molecule has 1 nitrogen and oxygen atoms in total. The summed E-state index contributed by atoms with van der Waals surface area (Å²) < 4.78 is 14.0. The fourth-order valence-electron chi connectivity index (χ4n) is 2.82. The lowest BCUT2D eigenvalue weighted by Crippen LogP contribution is -2.31. The largest absolute Gasteiger partial charge is 0.327 e. The molecule has 0 aliphatic heterocycles. The van der Waals surface area contributed by atoms with Gasteiger partial charge in [-0.15, -0.1) is 0 Å². The van der Waals surface area contributed by atoms with Crippen LogP contribution in [0.25, 0.3) is 11.1 Å². The first kappa shape index (κ1) is 12.4. The van der Waals surface area contributed by atoms with Crippen LogP contribution in [0.4, 0.5) is 4.39 Å². The molecule has 0 bridgehead atoms. The molecular formula is C17H18FN. The quantitative estimate of drug-likeness (QED) is 0.885. The third-order valence-corrected chi connectivity index (χ3v) is 4.29. The molecule has 0 heterocycles. The van der Waals surface area contributed by atoms with E-state index in [0.717, 1.165) is 18.4 Å². The van der Waals surface area contributed by atoms with Crippen LogP contribution >= 0.6 is 0 Å². The second-order valence-electron chi connectivity index (χ2n) is 5.51. The van der Waals surface area contributed by atoms with Crippen molar-refractivity contribution >= 4 is 0 Å². The minimum atomic E-state index is -0.171. The molecule has 2 aromatic rings. The Bertz CT molecular complexity index is 585. The van der Waals surface area contributed by atoms with E-state index in [2.05, 4.69) is 0 Å². The smallest absolute Gasteiger partial charge is 0.131 e. The van der Waals surface area contributed by atoms with Crippen LogP contribution in [0.5, 0.6) is 0 Å². The summed E-state index contributed by atoms with van der Waals surface area (Å²) in [5, 5.41) is 0. The predicted octanol–water partition coefficient (Wildman–Crippen LogP) is 3.87. The highest BCUT2D eigenvalue weighted by Crippen LogP contribution is 2.51. The van der Waals surface area contributed by atoms with Gasteiger partial charge < -0.3 is 5.73 Å². The number of halogens is 1. The lowest BCUT2D eigenvalue weighted by molar-refractivity contribution is 0.554. The molecular weight excluding hydrogens is 237 g/mol. The lowest BCUT2D eigenvalue weighted by atomic mass is 9.87. The van der Waals surface area contributed by atoms with Crippen molar-refractivity contribution in [1.29, 1.82) is 0 Å². The van der Waals surface area contributed by atoms with Crippen molar-refractivity contribution in [1.82, 2.24) is 0 Å². The molecule has 1 aliphatic rings. The molecule has 2 heteroatoms. The van der Waals surface area contributed by atoms with Crippen molar-refractivity contribution in [2.24, 2.45) is 5.73 Å². The predicted molar refractivity (Wildman–Crippen MR) is 76.4 cm³/mol. The zero-order valence-corrected chi connectivity index (χ0v) is 11.1. The zero-order valence-electron chi connectivity index (χ0n) is 11.1. The molecule has 0 amide bonds. The van der Waals surface area contributed by atoms with Gasteiger partial charge in [-0.3, -0.25) is 0 Å². The van der Waals surface area contributed by atoms with Crippen LogP contribution in [0.2, 0.25) is 0 Å². The molecule has 98 valence electrons. The van der Waals surface area contributed by atoms with Crippen molar-refractivity contribution < 1.29 is 4.39 Å². The van der Waals surface area contributed by atoms with Crippen molar-refractivity contribution in [2.45, 2.75) is 31.2 Å². The first-order valence-corrected chi connectivity index (χ1v) is 6.74. The van der Waals surface area contributed by atoms with E-state index in [1.54, 1.807) is 6.07 Å². The molecule has 0 saturated heterocycles. The standard InChI is InChI=1S/C17H18FN/c1-12(19)17(9-10-17)14-7-8-16(18)15(11-14)13-5-3-2-4-6-13/h2-8,11-12H,9-10,19H2,1H3. The van der Waals surface area contributed by atoms with Crippen LogP contribution < -0.4 is 5.73 Å². The maximum absolute atomic E-state index is 14.0. The molecule has 1 atom stereocenters. The molecule has 0 spiro atoms. The number of rotatable bonds is 3. The minimum Gasteiger partial charge on any atom is -0.327 e. The molecule has 1 saturated carbocycles. The summed E-state index contributed by atoms with van der Waals surface area (Å²) in [5.41, 5.74) is 8.92. The Morgan fingerprint density at radius 2 is 1.79 bits per heavy atom. The Kier molecular flexibility index (Phi) is 2.90. The van der Waals surface area contributed by atoms with Gasteiger partial charge in [0.1, 0.15) is 5.82 Å². The van der Waals surface area contributed by atoms with E-state index in [1.165, 1.54) is 5.56 Å². The third-order valence-electron chi connectivity index (χ3n) is 4.29. The molecule has 1 unspecified atom stereocenters. The average Bonchev–Trinajstić information content (AvgIpc) is 3.22. The first-order valence-electron chi connectivity index (χ1n) is 6.74. The van der Waals surface area contributed by atoms with Gasteiger partial charge in [-0.2, -0.15) is 0 Å². The summed E-state index contributed by atoms with van der Waals surface area (Å²) in [6, 6.07) is 15.2. The summed E-state index contributed by atoms with van der Waals surface area (Å²) in [6.45, 7) is 2.04. The maximum atomic E-state index is 14.0. The van der Waals surface area contributed by atoms with E-state index in [4.69, 9.17) is 5.73 Å². The van der Waals surface area contributed by atoms with Gasteiger partial charge >= 0.3 is 0 Å². The van der Waals surface area contributed by atoms with Crippen LogP contribution in [0, 0.1) is 5.82 Å². The van der Waals surface area contributed by atoms with Gasteiger partial charge in [-0.25, -0.2) is 4.39 Å². The van der Waals surface area contributed by atoms with E-state index in [1.807, 2.05) is 49.4 Å². The number of hydrogen-bond acceptors (Lipinski definition) is 1. The van der Waals surface area contributed by atoms with Crippen molar-refractivity contribution in [3.05, 3.63) is 59.9 Å². The molecule has 3 rings (SSSR count). The Labute approximate surface area is 113 Å². The van der Waals surface area contributed by atoms with Crippen molar-refractivity contribution in [3.63, 3.8) is 0 Å². The van der Waals surface area contributed by atoms with Crippen LogP contribution in [0.3, 0.4) is 0 Å². The Balaban J connectivity index is 2.07. The van der Waals surface area contributed by atoms with Gasteiger partial charge in [-0.05, 0) is 43.0 Å². The zero-order chi connectivity index (χ0) is 13.5. The average molecular weight is 255 g/mol. The molecule has 19 heavy (non-hydrogen) atoms. The summed E-state index contributed by atoms with van der Waals surface area (Å²) in [5.74, 6) is -0.171. The van der Waals surface area contributed by atoms with Gasteiger partial charge in [-0.1, -0.05) is 36.4 Å². The summed E-state index contributed by atoms with van der Waals surface area (Å²) in [6.07, 6.45) is 2.20. The molecule has 0 aromatic heterocycles. The van der Waals surface area contributed by atoms with Gasteiger partial charge in [0.05, 0.1) is 0 Å². The molecule has 2 N–H and O–H groups in total. The fraction of sp³-hybridized carbons (Fsp3) is 0.294. The highest BCUT2D eigenvalue weighted by molar-refractivity contribution is 5.65. The van der Waals surface area contributed by atoms with E-state index < -0.39 is 0 Å². The van der Waals surface area contributed by atoms with Gasteiger partial charge in [0, 0.05) is 17.0 Å². The van der Waals surface area contributed by atoms with Crippen molar-refractivity contribution in [3.8, 4) is 11.1 Å². The van der Waals surface area contributed by atoms with E-state index >= 15 is 0 Å². The highest BCUT2D eigenvalue weighted by Gasteiger charge is 2.47. The molecule has 1 fully saturated rings. The number of hydrogen-bond donors (Lipinski definition) is 1. The lowest BCUT2D eigenvalue weighted by Gasteiger charge is -2.21. The summed E-state index contributed by atoms with van der Waals surface area (Å²) >= 11 is 0. The second kappa shape index (κ2) is 4.46. The molecule has 1 aliphatic carbocycles. The summed E-state index contributed by atoms with van der Waals surface area (Å²) in [7, 11) is 0. The van der Waals surface area contributed by atoms with E-state index in [-0.39, 0.29) is 17.3 Å². The van der Waals surface area contributed by atoms with E-state index in [0.29, 0.717) is 5.56 Å². The van der Waals surface area contributed by atoms with Gasteiger partial charge in [0.25, 0.3) is 0 Å². The maximum Gasteiger partial charge on any atom is 0.131 e. The molecule has 2 aromatic carbocycles. The minimum absolute atomic E-state index is 0.0667. The van der Waals surface area contributed by atoms with Crippen molar-refractivity contribution in [2.75, 3.05) is 0 Å². The fourth-order valence-corrected chi connectivity index (χ4v) is 2.82. The topological polar surface area (TPSA) is 26.0 Å². The van der Waals surface area contributed by atoms with Crippen LogP contribution in [0.15, 0.2) is 48.5 Å². The Morgan fingerprint density at radius 1 is 1.11 bits per heavy atom. The summed E-state index contributed by atoms with van der Waals surface area (Å²) in [4.78, 5) is 0. The van der Waals surface area contributed by atoms with Crippen LogP contribution in [-0.4, -0.2) is 6.04 Å². The number of nitrogens with two attached hydrogens (primary N) is 1. The highest BCUT2D eigenvalue weighted by atomic mass is 19.1. The number of benzene rings is 2. The van der Waals surface area contributed by atoms with E-state index in [9.17, 15) is 4.39 Å². The second-order valence-corrected chi connectivity index (χ2v) is 5.51. The van der Waals surface area contributed by atoms with Gasteiger partial charge in [0.15, 0.2) is 0 Å². The third kappa shape index (κ3) is 2.06. The Hall–Kier alpha value is -1.67. The van der Waals surface area contributed by atoms with Crippen LogP contribution in [-0.2, 0) is 5.41 Å². The normalized spacial score (nSPS) is 18.1. The first-order chi connectivity index (χ1) is 9.13. The van der Waals surface area contributed by atoms with Gasteiger partial charge in [0.2, 0.25) is 0 Å². The molecule has 0 radical (unpaired) electrons. The SMILES string of the molecule is CC(N)C1(c2ccc(F)c(-c3ccccc3)c2)CC1. The van der Waals surface area contributed by atoms with Crippen LogP contribution in [0.1, 0.15) is 25.3 Å². The monoisotopic (exact) mass is 255 g/mol. The Morgan fingerprint density at radius 3 is 2.37 bits per heavy atom.